The van der Waals surface area contributed by atoms with E-state index in [9.17, 15) is 9.59 Å². The second kappa shape index (κ2) is 9.46. The lowest BCUT2D eigenvalue weighted by atomic mass is 9.94. The summed E-state index contributed by atoms with van der Waals surface area (Å²) in [5.41, 5.74) is 4.86. The topological polar surface area (TPSA) is 87.2 Å². The Labute approximate surface area is 214 Å². The van der Waals surface area contributed by atoms with Crippen LogP contribution in [0.15, 0.2) is 77.9 Å². The molecule has 4 aromatic rings. The van der Waals surface area contributed by atoms with Gasteiger partial charge in [0, 0.05) is 34.6 Å². The molecule has 186 valence electrons. The van der Waals surface area contributed by atoms with E-state index in [1.807, 2.05) is 66.7 Å². The van der Waals surface area contributed by atoms with E-state index < -0.39 is 6.04 Å². The molecule has 3 aromatic carbocycles. The molecular weight excluding hydrogens is 468 g/mol. The van der Waals surface area contributed by atoms with E-state index >= 15 is 0 Å². The number of rotatable bonds is 6. The molecule has 2 aliphatic heterocycles. The number of piperazine rings is 1. The molecule has 2 aliphatic rings. The number of aromatic amines is 1. The third-order valence-corrected chi connectivity index (χ3v) is 6.94. The van der Waals surface area contributed by atoms with E-state index in [2.05, 4.69) is 10.1 Å². The molecule has 1 atom stereocenters. The Kier molecular flexibility index (Phi) is 5.84. The van der Waals surface area contributed by atoms with E-state index in [-0.39, 0.29) is 18.4 Å². The Hall–Kier alpha value is -4.59. The van der Waals surface area contributed by atoms with Crippen LogP contribution in [0.1, 0.15) is 22.4 Å². The van der Waals surface area contributed by atoms with Crippen LogP contribution in [0.25, 0.3) is 10.9 Å². The fraction of sp³-hybridized carbons (Fsp3) is 0.207. The molecular formula is C29H26N4O4. The molecule has 2 amide bonds. The summed E-state index contributed by atoms with van der Waals surface area (Å²) in [4.78, 5) is 31.4. The van der Waals surface area contributed by atoms with Crippen molar-refractivity contribution in [3.05, 3.63) is 95.2 Å². The zero-order valence-corrected chi connectivity index (χ0v) is 20.4. The molecule has 6 rings (SSSR count). The molecule has 0 aliphatic carbocycles. The number of amides is 2. The van der Waals surface area contributed by atoms with Gasteiger partial charge in [0.05, 0.1) is 19.9 Å². The molecule has 0 bridgehead atoms. The number of H-pyrrole nitrogens is 1. The summed E-state index contributed by atoms with van der Waals surface area (Å²) in [5, 5.41) is 6.76. The first kappa shape index (κ1) is 22.8. The van der Waals surface area contributed by atoms with Crippen molar-refractivity contribution >= 4 is 28.9 Å². The van der Waals surface area contributed by atoms with Gasteiger partial charge in [0.15, 0.2) is 0 Å². The fourth-order valence-electron chi connectivity index (χ4n) is 5.02. The van der Waals surface area contributed by atoms with Gasteiger partial charge in [-0.15, -0.1) is 0 Å². The zero-order chi connectivity index (χ0) is 25.4. The lowest BCUT2D eigenvalue weighted by Crippen LogP contribution is -2.60. The summed E-state index contributed by atoms with van der Waals surface area (Å²) in [6, 6.07) is 22.8. The van der Waals surface area contributed by atoms with E-state index in [0.717, 1.165) is 27.7 Å². The summed E-state index contributed by atoms with van der Waals surface area (Å²) in [7, 11) is 1.57. The lowest BCUT2D eigenvalue weighted by Gasteiger charge is -2.40. The number of hydrazone groups is 1. The average Bonchev–Trinajstić information content (AvgIpc) is 3.30. The Morgan fingerprint density at radius 2 is 1.84 bits per heavy atom. The second-order valence-electron chi connectivity index (χ2n) is 9.19. The fourth-order valence-corrected chi connectivity index (χ4v) is 5.02. The first-order valence-electron chi connectivity index (χ1n) is 12.2. The molecule has 3 heterocycles. The summed E-state index contributed by atoms with van der Waals surface area (Å²) in [5.74, 6) is 0.915. The van der Waals surface area contributed by atoms with E-state index in [1.165, 1.54) is 5.01 Å². The van der Waals surface area contributed by atoms with Crippen molar-refractivity contribution in [2.45, 2.75) is 25.6 Å². The molecule has 8 heteroatoms. The molecule has 0 saturated carbocycles. The van der Waals surface area contributed by atoms with Crippen LogP contribution in [-0.2, 0) is 29.2 Å². The highest BCUT2D eigenvalue weighted by molar-refractivity contribution is 5.97. The third kappa shape index (κ3) is 4.31. The molecule has 1 saturated heterocycles. The molecule has 0 radical (unpaired) electrons. The predicted octanol–water partition coefficient (Wildman–Crippen LogP) is 3.89. The van der Waals surface area contributed by atoms with Gasteiger partial charge < -0.3 is 19.4 Å². The van der Waals surface area contributed by atoms with Gasteiger partial charge in [0.1, 0.15) is 30.7 Å². The molecule has 1 aromatic heterocycles. The van der Waals surface area contributed by atoms with Gasteiger partial charge in [0.2, 0.25) is 5.91 Å². The first-order valence-corrected chi connectivity index (χ1v) is 12.2. The van der Waals surface area contributed by atoms with Crippen molar-refractivity contribution in [1.82, 2.24) is 14.9 Å². The highest BCUT2D eigenvalue weighted by Gasteiger charge is 2.43. The van der Waals surface area contributed by atoms with Crippen LogP contribution in [0.5, 0.6) is 11.5 Å². The molecule has 1 fully saturated rings. The minimum absolute atomic E-state index is 0.0953. The maximum Gasteiger partial charge on any atom is 0.266 e. The maximum atomic E-state index is 13.4. The van der Waals surface area contributed by atoms with Crippen molar-refractivity contribution in [3.63, 3.8) is 0 Å². The van der Waals surface area contributed by atoms with Crippen LogP contribution < -0.4 is 9.47 Å². The monoisotopic (exact) mass is 494 g/mol. The minimum Gasteiger partial charge on any atom is -0.496 e. The summed E-state index contributed by atoms with van der Waals surface area (Å²) >= 11 is 0. The third-order valence-electron chi connectivity index (χ3n) is 6.94. The predicted molar refractivity (Wildman–Crippen MR) is 139 cm³/mol. The number of carbonyl (C=O) groups excluding carboxylic acids is 2. The quantitative estimate of drug-likeness (QED) is 0.412. The normalized spacial score (nSPS) is 17.3. The molecule has 0 spiro atoms. The van der Waals surface area contributed by atoms with Crippen molar-refractivity contribution in [2.75, 3.05) is 13.7 Å². The summed E-state index contributed by atoms with van der Waals surface area (Å²) < 4.78 is 11.4. The molecule has 0 unspecified atom stereocenters. The number of fused-ring (bicyclic) bond motifs is 4. The number of nitrogens with one attached hydrogen (secondary N) is 1. The van der Waals surface area contributed by atoms with E-state index in [0.29, 0.717) is 36.6 Å². The molecule has 1 N–H and O–H groups in total. The number of ether oxygens (including phenoxy) is 2. The summed E-state index contributed by atoms with van der Waals surface area (Å²) in [6.07, 6.45) is 2.02. The van der Waals surface area contributed by atoms with E-state index in [4.69, 9.17) is 9.47 Å². The van der Waals surface area contributed by atoms with Crippen molar-refractivity contribution < 1.29 is 19.1 Å². The number of hydrogen-bond donors (Lipinski definition) is 1. The van der Waals surface area contributed by atoms with Gasteiger partial charge >= 0.3 is 0 Å². The van der Waals surface area contributed by atoms with E-state index in [1.54, 1.807) is 24.3 Å². The van der Waals surface area contributed by atoms with Crippen molar-refractivity contribution in [2.24, 2.45) is 5.10 Å². The largest absolute Gasteiger partial charge is 0.496 e. The highest BCUT2D eigenvalue weighted by Crippen LogP contribution is 2.32. The highest BCUT2D eigenvalue weighted by atomic mass is 16.5. The van der Waals surface area contributed by atoms with Crippen molar-refractivity contribution in [1.29, 1.82) is 0 Å². The minimum atomic E-state index is -0.569. The summed E-state index contributed by atoms with van der Waals surface area (Å²) in [6.45, 7) is 0.745. The van der Waals surface area contributed by atoms with Gasteiger partial charge in [0.25, 0.3) is 5.91 Å². The number of hydrogen-bond acceptors (Lipinski definition) is 5. The number of methoxy groups -OCH3 is 1. The lowest BCUT2D eigenvalue weighted by molar-refractivity contribution is -0.157. The number of carbonyl (C=O) groups is 2. The van der Waals surface area contributed by atoms with Crippen molar-refractivity contribution in [3.8, 4) is 11.5 Å². The van der Waals surface area contributed by atoms with Gasteiger partial charge in [-0.25, -0.2) is 5.01 Å². The second-order valence-corrected chi connectivity index (χ2v) is 9.19. The standard InChI is InChI=1S/C29H26N4O4/c1-36-27-13-21(37-18-19-7-3-2-4-8-19)12-11-20(27)15-30-33-17-28(34)32-16-25-23(14-26(32)29(33)35)22-9-5-6-10-24(22)31-25/h2-13,15,26,31H,14,16-18H2,1H3/t26-/m1/s1. The number of para-hydroxylation sites is 1. The Balaban J connectivity index is 1.19. The van der Waals surface area contributed by atoms with Gasteiger partial charge in [-0.1, -0.05) is 48.5 Å². The number of aromatic nitrogens is 1. The molecule has 37 heavy (non-hydrogen) atoms. The van der Waals surface area contributed by atoms with Gasteiger partial charge in [-0.3, -0.25) is 9.59 Å². The average molecular weight is 495 g/mol. The smallest absolute Gasteiger partial charge is 0.266 e. The zero-order valence-electron chi connectivity index (χ0n) is 20.4. The SMILES string of the molecule is COc1cc(OCc2ccccc2)ccc1C=NN1CC(=O)N2Cc3[nH]c4ccccc4c3C[C@@H]2C1=O. The van der Waals surface area contributed by atoms with Crippen LogP contribution in [0.3, 0.4) is 0 Å². The van der Waals surface area contributed by atoms with Gasteiger partial charge in [-0.2, -0.15) is 5.10 Å². The first-order chi connectivity index (χ1) is 18.1. The number of nitrogens with zero attached hydrogens (tertiary/aromatic N) is 3. The molecule has 8 nitrogen and oxygen atoms in total. The Morgan fingerprint density at radius 1 is 1.03 bits per heavy atom. The van der Waals surface area contributed by atoms with Crippen LogP contribution in [0.4, 0.5) is 0 Å². The Bertz CT molecular complexity index is 1510. The van der Waals surface area contributed by atoms with Gasteiger partial charge in [-0.05, 0) is 29.3 Å². The Morgan fingerprint density at radius 3 is 2.68 bits per heavy atom. The van der Waals surface area contributed by atoms with Crippen LogP contribution in [-0.4, -0.2) is 52.6 Å². The number of benzene rings is 3. The maximum absolute atomic E-state index is 13.4. The van der Waals surface area contributed by atoms with Crippen LogP contribution >= 0.6 is 0 Å². The van der Waals surface area contributed by atoms with Crippen LogP contribution in [0.2, 0.25) is 0 Å². The van der Waals surface area contributed by atoms with Crippen LogP contribution in [0, 0.1) is 0 Å².